The molecule has 0 aliphatic heterocycles. The van der Waals surface area contributed by atoms with E-state index in [1.807, 2.05) is 4.90 Å². The Morgan fingerprint density at radius 2 is 1.04 bits per heavy atom. The number of nitrogens with zero attached hydrogens (tertiary/aromatic N) is 1. The van der Waals surface area contributed by atoms with Crippen LogP contribution < -0.4 is 0 Å². The van der Waals surface area contributed by atoms with Gasteiger partial charge in [0.2, 0.25) is 0 Å². The van der Waals surface area contributed by atoms with E-state index >= 15 is 0 Å². The molecule has 0 spiro atoms. The van der Waals surface area contributed by atoms with Crippen LogP contribution in [0.3, 0.4) is 0 Å². The molecule has 0 aromatic heterocycles. The predicted molar refractivity (Wildman–Crippen MR) is 108 cm³/mol. The van der Waals surface area contributed by atoms with Crippen LogP contribution in [0.15, 0.2) is 0 Å². The van der Waals surface area contributed by atoms with Gasteiger partial charge in [-0.2, -0.15) is 0 Å². The molecule has 0 heterocycles. The van der Waals surface area contributed by atoms with Gasteiger partial charge in [0.05, 0.1) is 0 Å². The lowest BCUT2D eigenvalue weighted by molar-refractivity contribution is 0.107. The molecule has 0 aliphatic carbocycles. The Hall–Kier alpha value is 0.220. The van der Waals surface area contributed by atoms with Crippen molar-refractivity contribution >= 4 is 15.2 Å². The summed E-state index contributed by atoms with van der Waals surface area (Å²) < 4.78 is 23.0. The van der Waals surface area contributed by atoms with Crippen LogP contribution in [0.4, 0.5) is 0 Å². The number of hydrogen-bond acceptors (Lipinski definition) is 4. The maximum absolute atomic E-state index is 11.5. The average molecular weight is 431 g/mol. The summed E-state index contributed by atoms with van der Waals surface area (Å²) in [5, 5.41) is 6.73. The van der Waals surface area contributed by atoms with E-state index < -0.39 is 26.7 Å². The third-order valence-corrected chi connectivity index (χ3v) is 8.73. The molecule has 0 atom stereocenters. The summed E-state index contributed by atoms with van der Waals surface area (Å²) in [6.07, 6.45) is 10.2. The first-order chi connectivity index (χ1) is 12.5. The van der Waals surface area contributed by atoms with Crippen molar-refractivity contribution < 1.29 is 33.8 Å². The highest BCUT2D eigenvalue weighted by atomic mass is 31.2. The Labute approximate surface area is 163 Å². The van der Waals surface area contributed by atoms with E-state index in [4.69, 9.17) is 0 Å². The summed E-state index contributed by atoms with van der Waals surface area (Å²) in [7, 11) is -10.8. The van der Waals surface area contributed by atoms with Crippen LogP contribution in [0.2, 0.25) is 0 Å². The monoisotopic (exact) mass is 431 g/mol. The lowest BCUT2D eigenvalue weighted by Gasteiger charge is -2.32. The van der Waals surface area contributed by atoms with Crippen molar-refractivity contribution in [2.75, 3.05) is 19.6 Å². The molecular weight excluding hydrogens is 392 g/mol. The Balaban J connectivity index is 4.66. The van der Waals surface area contributed by atoms with Gasteiger partial charge >= 0.3 is 15.2 Å². The minimum Gasteiger partial charge on any atom is -0.367 e. The molecule has 0 aliphatic rings. The normalized spacial score (nSPS) is 13.5. The van der Waals surface area contributed by atoms with Crippen LogP contribution in [0.1, 0.15) is 84.5 Å². The van der Waals surface area contributed by atoms with Crippen LogP contribution in [-0.4, -0.2) is 54.3 Å². The number of unbranched alkanes of at least 4 members (excludes halogenated alkanes) is 8. The summed E-state index contributed by atoms with van der Waals surface area (Å²) in [6, 6.07) is 0. The number of hydrogen-bond donors (Lipinski definition) is 5. The van der Waals surface area contributed by atoms with E-state index in [1.54, 1.807) is 0 Å². The van der Waals surface area contributed by atoms with Crippen LogP contribution in [-0.2, 0) is 9.13 Å². The molecule has 8 nitrogen and oxygen atoms in total. The largest absolute Gasteiger partial charge is 0.369 e. The van der Waals surface area contributed by atoms with Gasteiger partial charge in [-0.15, -0.1) is 0 Å². The Morgan fingerprint density at radius 1 is 0.667 bits per heavy atom. The van der Waals surface area contributed by atoms with Gasteiger partial charge in [-0.3, -0.25) is 9.13 Å². The fourth-order valence-corrected chi connectivity index (χ4v) is 5.12. The van der Waals surface area contributed by atoms with E-state index in [1.165, 1.54) is 25.7 Å². The summed E-state index contributed by atoms with van der Waals surface area (Å²) in [4.78, 5) is 39.0. The van der Waals surface area contributed by atoms with Gasteiger partial charge in [-0.1, -0.05) is 65.2 Å². The molecular formula is C17H39NO7P2. The van der Waals surface area contributed by atoms with Crippen LogP contribution in [0.25, 0.3) is 0 Å². The van der Waals surface area contributed by atoms with E-state index in [9.17, 15) is 33.8 Å². The highest BCUT2D eigenvalue weighted by molar-refractivity contribution is 7.72. The van der Waals surface area contributed by atoms with E-state index in [2.05, 4.69) is 13.8 Å². The predicted octanol–water partition coefficient (Wildman–Crippen LogP) is 3.62. The molecule has 0 bridgehead atoms. The molecule has 27 heavy (non-hydrogen) atoms. The first kappa shape index (κ1) is 27.2. The quantitative estimate of drug-likeness (QED) is 0.174. The lowest BCUT2D eigenvalue weighted by Crippen LogP contribution is -2.36. The van der Waals surface area contributed by atoms with E-state index in [0.717, 1.165) is 38.5 Å². The van der Waals surface area contributed by atoms with Crippen molar-refractivity contribution in [2.45, 2.75) is 89.6 Å². The molecule has 5 N–H and O–H groups in total. The van der Waals surface area contributed by atoms with Crippen LogP contribution in [0, 0.1) is 0 Å². The molecule has 0 unspecified atom stereocenters. The zero-order valence-corrected chi connectivity index (χ0v) is 18.6. The van der Waals surface area contributed by atoms with Crippen molar-refractivity contribution in [1.82, 2.24) is 4.90 Å². The minimum absolute atomic E-state index is 0.0340. The molecule has 0 amide bonds. The summed E-state index contributed by atoms with van der Waals surface area (Å²) in [5.74, 6) is 0. The van der Waals surface area contributed by atoms with Gasteiger partial charge in [0.1, 0.15) is 0 Å². The van der Waals surface area contributed by atoms with Crippen molar-refractivity contribution in [3.05, 3.63) is 0 Å². The summed E-state index contributed by atoms with van der Waals surface area (Å²) in [6.45, 7) is 5.65. The minimum atomic E-state index is -5.38. The van der Waals surface area contributed by atoms with Crippen molar-refractivity contribution in [3.63, 3.8) is 0 Å². The standard InChI is InChI=1S/C17H39NO7P2/c1-3-5-7-8-9-10-12-15-18(14-11-6-4-2)16-13-17(19,26(20,21)22)27(23,24)25/h19H,3-16H2,1-2H3,(H2,20,21,22)(H2,23,24,25). The molecule has 0 aromatic carbocycles. The van der Waals surface area contributed by atoms with Gasteiger partial charge in [0, 0.05) is 13.0 Å². The molecule has 0 radical (unpaired) electrons. The lowest BCUT2D eigenvalue weighted by atomic mass is 10.1. The number of rotatable bonds is 17. The Morgan fingerprint density at radius 3 is 1.48 bits per heavy atom. The van der Waals surface area contributed by atoms with Crippen molar-refractivity contribution in [1.29, 1.82) is 0 Å². The second-order valence-corrected chi connectivity index (χ2v) is 11.3. The molecule has 0 rings (SSSR count). The summed E-state index contributed by atoms with van der Waals surface area (Å²) in [5.41, 5.74) is 0. The maximum atomic E-state index is 11.5. The zero-order chi connectivity index (χ0) is 21.0. The highest BCUT2D eigenvalue weighted by Gasteiger charge is 2.58. The second-order valence-electron chi connectivity index (χ2n) is 7.28. The topological polar surface area (TPSA) is 139 Å². The second kappa shape index (κ2) is 13.4. The first-order valence-electron chi connectivity index (χ1n) is 10.1. The average Bonchev–Trinajstić information content (AvgIpc) is 2.56. The zero-order valence-electron chi connectivity index (χ0n) is 16.8. The molecule has 0 saturated carbocycles. The van der Waals surface area contributed by atoms with Crippen LogP contribution in [0.5, 0.6) is 0 Å². The molecule has 0 fully saturated rings. The van der Waals surface area contributed by atoms with Gasteiger partial charge in [0.25, 0.3) is 5.08 Å². The fourth-order valence-electron chi connectivity index (χ4n) is 2.98. The van der Waals surface area contributed by atoms with Gasteiger partial charge in [-0.05, 0) is 25.9 Å². The molecule has 0 aromatic rings. The first-order valence-corrected chi connectivity index (χ1v) is 13.3. The molecule has 0 saturated heterocycles. The van der Waals surface area contributed by atoms with Gasteiger partial charge < -0.3 is 29.6 Å². The van der Waals surface area contributed by atoms with E-state index in [-0.39, 0.29) is 6.54 Å². The third-order valence-electron chi connectivity index (χ3n) is 4.85. The number of aliphatic hydroxyl groups is 1. The molecule has 164 valence electrons. The van der Waals surface area contributed by atoms with Gasteiger partial charge in [0.15, 0.2) is 0 Å². The fraction of sp³-hybridized carbons (Fsp3) is 1.00. The smallest absolute Gasteiger partial charge is 0.367 e. The Bertz CT molecular complexity index is 456. The summed E-state index contributed by atoms with van der Waals surface area (Å²) >= 11 is 0. The SMILES string of the molecule is CCCCCCCCCN(CCCCC)CCC(O)(P(=O)(O)O)P(=O)(O)O. The molecule has 10 heteroatoms. The van der Waals surface area contributed by atoms with Gasteiger partial charge in [-0.25, -0.2) is 0 Å². The van der Waals surface area contributed by atoms with E-state index in [0.29, 0.717) is 13.1 Å². The maximum Gasteiger partial charge on any atom is 0.369 e. The van der Waals surface area contributed by atoms with Crippen molar-refractivity contribution in [2.24, 2.45) is 0 Å². The van der Waals surface area contributed by atoms with Crippen molar-refractivity contribution in [3.8, 4) is 0 Å². The Kier molecular flexibility index (Phi) is 13.6. The highest BCUT2D eigenvalue weighted by Crippen LogP contribution is 2.68. The third kappa shape index (κ3) is 10.5. The van der Waals surface area contributed by atoms with Crippen LogP contribution >= 0.6 is 15.2 Å².